The first kappa shape index (κ1) is 16.1. The average molecular weight is 267 g/mol. The topological polar surface area (TPSA) is 46.3 Å². The van der Waals surface area contributed by atoms with E-state index in [0.29, 0.717) is 6.42 Å². The molecule has 1 heterocycles. The van der Waals surface area contributed by atoms with Gasteiger partial charge in [-0.3, -0.25) is 4.79 Å². The molecule has 0 aromatic carbocycles. The van der Waals surface area contributed by atoms with Gasteiger partial charge in [-0.05, 0) is 18.6 Å². The zero-order valence-corrected chi connectivity index (χ0v) is 11.6. The van der Waals surface area contributed by atoms with Crippen molar-refractivity contribution in [1.29, 1.82) is 0 Å². The lowest BCUT2D eigenvalue weighted by molar-refractivity contribution is -0.129. The van der Waals surface area contributed by atoms with Crippen molar-refractivity contribution in [3.8, 4) is 0 Å². The van der Waals surface area contributed by atoms with Gasteiger partial charge in [0.2, 0.25) is 5.91 Å². The second kappa shape index (κ2) is 9.14. The Morgan fingerprint density at radius 2 is 2.25 bits per heavy atom. The smallest absolute Gasteiger partial charge is 0.223 e. The fourth-order valence-electron chi connectivity index (χ4n) is 1.68. The van der Waals surface area contributed by atoms with Crippen LogP contribution in [0.1, 0.15) is 32.6 Å². The third-order valence-electron chi connectivity index (χ3n) is 2.68. The number of hydrogen-bond donors (Lipinski definition) is 1. The molecule has 1 rings (SSSR count). The highest BCUT2D eigenvalue weighted by Crippen LogP contribution is 2.11. The molecule has 5 heteroatoms. The first-order chi connectivity index (χ1) is 7.24. The molecule has 1 aliphatic rings. The number of nitrogens with zero attached hydrogens (tertiary/aromatic N) is 1. The second-order valence-electron chi connectivity index (χ2n) is 4.10. The van der Waals surface area contributed by atoms with E-state index in [1.54, 1.807) is 0 Å². The molecular formula is C11H23ClN2OS. The number of likely N-dealkylation sites (tertiary alicyclic amines) is 1. The molecule has 96 valence electrons. The van der Waals surface area contributed by atoms with Gasteiger partial charge >= 0.3 is 0 Å². The van der Waals surface area contributed by atoms with Gasteiger partial charge in [0.15, 0.2) is 0 Å². The van der Waals surface area contributed by atoms with Crippen LogP contribution in [0.15, 0.2) is 0 Å². The molecule has 1 fully saturated rings. The summed E-state index contributed by atoms with van der Waals surface area (Å²) in [5.41, 5.74) is 5.76. The summed E-state index contributed by atoms with van der Waals surface area (Å²) in [7, 11) is 0. The molecule has 0 spiro atoms. The van der Waals surface area contributed by atoms with Gasteiger partial charge in [0.1, 0.15) is 0 Å². The highest BCUT2D eigenvalue weighted by Gasteiger charge is 2.22. The molecule has 0 bridgehead atoms. The van der Waals surface area contributed by atoms with Gasteiger partial charge in [-0.25, -0.2) is 0 Å². The Morgan fingerprint density at radius 1 is 1.50 bits per heavy atom. The van der Waals surface area contributed by atoms with Crippen LogP contribution in [0.4, 0.5) is 0 Å². The summed E-state index contributed by atoms with van der Waals surface area (Å²) >= 11 is 1.89. The Balaban J connectivity index is 0.00000225. The molecule has 1 saturated heterocycles. The molecular weight excluding hydrogens is 244 g/mol. The van der Waals surface area contributed by atoms with E-state index in [0.717, 1.165) is 25.3 Å². The van der Waals surface area contributed by atoms with Crippen molar-refractivity contribution >= 4 is 30.1 Å². The Morgan fingerprint density at radius 3 is 2.81 bits per heavy atom. The van der Waals surface area contributed by atoms with Gasteiger partial charge in [-0.15, -0.1) is 12.4 Å². The van der Waals surface area contributed by atoms with E-state index in [-0.39, 0.29) is 24.4 Å². The number of unbranched alkanes of at least 4 members (excludes halogenated alkanes) is 1. The molecule has 1 amide bonds. The largest absolute Gasteiger partial charge is 0.341 e. The Labute approximate surface area is 109 Å². The standard InChI is InChI=1S/C11H22N2OS.ClH/c1-2-3-7-15-8-5-11(14)13-6-4-10(12)9-13;/h10H,2-9,12H2,1H3;1H/t10-;/m1./s1. The van der Waals surface area contributed by atoms with Crippen molar-refractivity contribution in [3.63, 3.8) is 0 Å². The van der Waals surface area contributed by atoms with Gasteiger partial charge in [0.25, 0.3) is 0 Å². The van der Waals surface area contributed by atoms with Crippen molar-refractivity contribution in [2.75, 3.05) is 24.6 Å². The molecule has 0 saturated carbocycles. The normalized spacial score (nSPS) is 19.6. The van der Waals surface area contributed by atoms with E-state index < -0.39 is 0 Å². The first-order valence-electron chi connectivity index (χ1n) is 5.85. The van der Waals surface area contributed by atoms with Crippen LogP contribution in [0.3, 0.4) is 0 Å². The van der Waals surface area contributed by atoms with Crippen LogP contribution >= 0.6 is 24.2 Å². The molecule has 0 aromatic heterocycles. The van der Waals surface area contributed by atoms with Crippen LogP contribution in [0.5, 0.6) is 0 Å². The number of nitrogens with two attached hydrogens (primary N) is 1. The third kappa shape index (κ3) is 5.97. The minimum absolute atomic E-state index is 0. The fraction of sp³-hybridized carbons (Fsp3) is 0.909. The van der Waals surface area contributed by atoms with Crippen molar-refractivity contribution in [3.05, 3.63) is 0 Å². The van der Waals surface area contributed by atoms with Crippen LogP contribution < -0.4 is 5.73 Å². The van der Waals surface area contributed by atoms with E-state index in [4.69, 9.17) is 5.73 Å². The van der Waals surface area contributed by atoms with Crippen LogP contribution in [-0.2, 0) is 4.79 Å². The van der Waals surface area contributed by atoms with Crippen LogP contribution in [0.2, 0.25) is 0 Å². The number of rotatable bonds is 6. The summed E-state index contributed by atoms with van der Waals surface area (Å²) in [4.78, 5) is 13.6. The van der Waals surface area contributed by atoms with Gasteiger partial charge < -0.3 is 10.6 Å². The summed E-state index contributed by atoms with van der Waals surface area (Å²) in [6.45, 7) is 3.81. The predicted molar refractivity (Wildman–Crippen MR) is 73.3 cm³/mol. The van der Waals surface area contributed by atoms with Crippen molar-refractivity contribution in [1.82, 2.24) is 4.90 Å². The molecule has 0 radical (unpaired) electrons. The average Bonchev–Trinajstić information content (AvgIpc) is 2.64. The Hall–Kier alpha value is 0.0700. The van der Waals surface area contributed by atoms with E-state index >= 15 is 0 Å². The maximum absolute atomic E-state index is 11.7. The summed E-state index contributed by atoms with van der Waals surface area (Å²) in [5, 5.41) is 0. The van der Waals surface area contributed by atoms with Gasteiger partial charge in [0.05, 0.1) is 0 Å². The molecule has 1 aliphatic heterocycles. The van der Waals surface area contributed by atoms with Crippen molar-refractivity contribution < 1.29 is 4.79 Å². The minimum Gasteiger partial charge on any atom is -0.341 e. The maximum Gasteiger partial charge on any atom is 0.223 e. The first-order valence-corrected chi connectivity index (χ1v) is 7.00. The number of hydrogen-bond acceptors (Lipinski definition) is 3. The third-order valence-corrected chi connectivity index (χ3v) is 3.75. The highest BCUT2D eigenvalue weighted by atomic mass is 35.5. The van der Waals surface area contributed by atoms with E-state index in [1.807, 2.05) is 16.7 Å². The number of amides is 1. The molecule has 0 unspecified atom stereocenters. The highest BCUT2D eigenvalue weighted by molar-refractivity contribution is 7.99. The zero-order chi connectivity index (χ0) is 11.1. The lowest BCUT2D eigenvalue weighted by Crippen LogP contribution is -2.32. The van der Waals surface area contributed by atoms with Crippen LogP contribution in [0.25, 0.3) is 0 Å². The maximum atomic E-state index is 11.7. The number of thioether (sulfide) groups is 1. The van der Waals surface area contributed by atoms with Crippen LogP contribution in [-0.4, -0.2) is 41.4 Å². The molecule has 0 aliphatic carbocycles. The van der Waals surface area contributed by atoms with Gasteiger partial charge in [-0.2, -0.15) is 11.8 Å². The Kier molecular flexibility index (Phi) is 9.18. The SMILES string of the molecule is CCCCSCCC(=O)N1CC[C@@H](N)C1.Cl. The lowest BCUT2D eigenvalue weighted by Gasteiger charge is -2.15. The quantitative estimate of drug-likeness (QED) is 0.747. The predicted octanol–water partition coefficient (Wildman–Crippen LogP) is 1.89. The van der Waals surface area contributed by atoms with Crippen molar-refractivity contribution in [2.45, 2.75) is 38.6 Å². The summed E-state index contributed by atoms with van der Waals surface area (Å²) < 4.78 is 0. The van der Waals surface area contributed by atoms with Crippen molar-refractivity contribution in [2.24, 2.45) is 5.73 Å². The fourth-order valence-corrected chi connectivity index (χ4v) is 2.70. The Bertz CT molecular complexity index is 204. The lowest BCUT2D eigenvalue weighted by atomic mass is 10.3. The number of carbonyl (C=O) groups is 1. The molecule has 2 N–H and O–H groups in total. The van der Waals surface area contributed by atoms with Gasteiger partial charge in [-0.1, -0.05) is 13.3 Å². The summed E-state index contributed by atoms with van der Waals surface area (Å²) in [6.07, 6.45) is 4.14. The number of carbonyl (C=O) groups excluding carboxylic acids is 1. The zero-order valence-electron chi connectivity index (χ0n) is 9.98. The van der Waals surface area contributed by atoms with E-state index in [1.165, 1.54) is 18.6 Å². The summed E-state index contributed by atoms with van der Waals surface area (Å²) in [6, 6.07) is 0.210. The van der Waals surface area contributed by atoms with E-state index in [2.05, 4.69) is 6.92 Å². The monoisotopic (exact) mass is 266 g/mol. The molecule has 1 atom stereocenters. The second-order valence-corrected chi connectivity index (χ2v) is 5.33. The number of halogens is 1. The molecule has 16 heavy (non-hydrogen) atoms. The van der Waals surface area contributed by atoms with Gasteiger partial charge in [0, 0.05) is 31.3 Å². The summed E-state index contributed by atoms with van der Waals surface area (Å²) in [5.74, 6) is 2.43. The molecule has 3 nitrogen and oxygen atoms in total. The molecule has 0 aromatic rings. The van der Waals surface area contributed by atoms with E-state index in [9.17, 15) is 4.79 Å². The van der Waals surface area contributed by atoms with Crippen LogP contribution in [0, 0.1) is 0 Å². The minimum atomic E-state index is 0.